The maximum atomic E-state index is 17.8. The number of rotatable bonds is 6. The van der Waals surface area contributed by atoms with E-state index < -0.39 is 110 Å². The highest BCUT2D eigenvalue weighted by Crippen LogP contribution is 2.73. The molecule has 320 valence electrons. The molecule has 0 radical (unpaired) electrons. The van der Waals surface area contributed by atoms with Crippen LogP contribution >= 0.6 is 0 Å². The molecule has 0 aromatic rings. The lowest BCUT2D eigenvalue weighted by molar-refractivity contribution is -0.230. The van der Waals surface area contributed by atoms with E-state index >= 15 is 8.78 Å². The van der Waals surface area contributed by atoms with Gasteiger partial charge in [0.15, 0.2) is 45.7 Å². The van der Waals surface area contributed by atoms with Crippen molar-refractivity contribution in [3.05, 3.63) is 47.6 Å². The Labute approximate surface area is 344 Å². The Hall–Kier alpha value is -3.64. The van der Waals surface area contributed by atoms with Gasteiger partial charge in [0.2, 0.25) is 0 Å². The van der Waals surface area contributed by atoms with Crippen LogP contribution in [0.1, 0.15) is 113 Å². The monoisotopic (exact) mass is 820 g/mol. The molecule has 0 aromatic carbocycles. The fraction of sp³-hybridized carbons (Fsp3) is 0.702. The predicted molar refractivity (Wildman–Crippen MR) is 209 cm³/mol. The molecule has 8 aliphatic carbocycles. The molecule has 59 heavy (non-hydrogen) atoms. The predicted octanol–water partition coefficient (Wildman–Crippen LogP) is 6.35. The number of aliphatic hydroxyl groups excluding tert-OH is 2. The maximum absolute atomic E-state index is 17.8. The van der Waals surface area contributed by atoms with Gasteiger partial charge in [-0.3, -0.25) is 28.8 Å². The third kappa shape index (κ3) is 5.02. The molecule has 0 unspecified atom stereocenters. The smallest absolute Gasteiger partial charge is 0.318 e. The number of hydrogen-bond donors (Lipinski definition) is 2. The molecule has 12 heteroatoms. The van der Waals surface area contributed by atoms with Gasteiger partial charge < -0.3 is 19.7 Å². The largest absolute Gasteiger partial charge is 0.450 e. The highest BCUT2D eigenvalue weighted by Gasteiger charge is 2.77. The van der Waals surface area contributed by atoms with Crippen molar-refractivity contribution in [1.82, 2.24) is 0 Å². The summed E-state index contributed by atoms with van der Waals surface area (Å²) in [6, 6.07) is 0. The molecule has 0 amide bonds. The molecule has 16 atom stereocenters. The van der Waals surface area contributed by atoms with Crippen LogP contribution in [-0.4, -0.2) is 80.0 Å². The molecule has 0 aliphatic heterocycles. The van der Waals surface area contributed by atoms with Crippen molar-refractivity contribution in [1.29, 1.82) is 0 Å². The summed E-state index contributed by atoms with van der Waals surface area (Å²) in [6.45, 7) is 13.3. The molecule has 10 nitrogen and oxygen atoms in total. The number of carbonyl (C=O) groups is 6. The minimum Gasteiger partial charge on any atom is -0.450 e. The first kappa shape index (κ1) is 42.1. The van der Waals surface area contributed by atoms with E-state index in [1.165, 1.54) is 38.2 Å². The zero-order valence-corrected chi connectivity index (χ0v) is 35.4. The summed E-state index contributed by atoms with van der Waals surface area (Å²) < 4.78 is 47.9. The van der Waals surface area contributed by atoms with Crippen LogP contribution in [-0.2, 0) is 38.2 Å². The topological polar surface area (TPSA) is 161 Å². The van der Waals surface area contributed by atoms with Crippen LogP contribution in [0.5, 0.6) is 0 Å². The van der Waals surface area contributed by atoms with E-state index in [0.29, 0.717) is 36.8 Å². The van der Waals surface area contributed by atoms with Gasteiger partial charge in [0.25, 0.3) is 0 Å². The van der Waals surface area contributed by atoms with Crippen LogP contribution in [0.15, 0.2) is 47.6 Å². The Kier molecular flexibility index (Phi) is 9.23. The third-order valence-electron chi connectivity index (χ3n) is 18.2. The minimum atomic E-state index is -2.17. The molecule has 8 rings (SSSR count). The van der Waals surface area contributed by atoms with Gasteiger partial charge >= 0.3 is 11.9 Å². The normalized spacial score (nSPS) is 50.5. The zero-order valence-electron chi connectivity index (χ0n) is 35.4. The van der Waals surface area contributed by atoms with Crippen molar-refractivity contribution in [2.45, 2.75) is 148 Å². The van der Waals surface area contributed by atoms with Gasteiger partial charge in [-0.15, -0.1) is 0 Å². The van der Waals surface area contributed by atoms with Crippen molar-refractivity contribution in [3.63, 3.8) is 0 Å². The number of aliphatic hydroxyl groups is 2. The third-order valence-corrected chi connectivity index (χ3v) is 18.2. The van der Waals surface area contributed by atoms with E-state index in [1.807, 2.05) is 13.8 Å². The number of Topliss-reactive ketones (excluding diaryl/α,β-unsaturated/α-hetero) is 2. The number of fused-ring (bicyclic) bond motifs is 10. The van der Waals surface area contributed by atoms with E-state index in [0.717, 1.165) is 0 Å². The molecule has 6 fully saturated rings. The van der Waals surface area contributed by atoms with Crippen LogP contribution in [0.25, 0.3) is 0 Å². The summed E-state index contributed by atoms with van der Waals surface area (Å²) in [5, 5.41) is 23.7. The van der Waals surface area contributed by atoms with Gasteiger partial charge in [-0.05, 0) is 127 Å². The van der Waals surface area contributed by atoms with Crippen LogP contribution in [0, 0.1) is 57.2 Å². The molecule has 0 spiro atoms. The molecule has 8 aliphatic rings. The average molecular weight is 821 g/mol. The Morgan fingerprint density at radius 2 is 1.02 bits per heavy atom. The second kappa shape index (κ2) is 12.9. The first-order chi connectivity index (χ1) is 27.3. The Morgan fingerprint density at radius 1 is 0.661 bits per heavy atom. The molecular weight excluding hydrogens is 763 g/mol. The van der Waals surface area contributed by atoms with Crippen LogP contribution in [0.3, 0.4) is 0 Å². The number of hydrogen-bond acceptors (Lipinski definition) is 10. The van der Waals surface area contributed by atoms with Crippen molar-refractivity contribution in [2.24, 2.45) is 57.2 Å². The summed E-state index contributed by atoms with van der Waals surface area (Å²) in [7, 11) is 0. The van der Waals surface area contributed by atoms with Crippen LogP contribution in [0.4, 0.5) is 8.78 Å². The van der Waals surface area contributed by atoms with Crippen LogP contribution in [0.2, 0.25) is 0 Å². The second-order valence-corrected chi connectivity index (χ2v) is 20.6. The minimum absolute atomic E-state index is 0.0463. The van der Waals surface area contributed by atoms with Gasteiger partial charge in [0.1, 0.15) is 6.42 Å². The second-order valence-electron chi connectivity index (χ2n) is 20.6. The van der Waals surface area contributed by atoms with Gasteiger partial charge in [-0.25, -0.2) is 8.78 Å². The average Bonchev–Trinajstić information content (AvgIpc) is 3.59. The molecule has 0 bridgehead atoms. The highest BCUT2D eigenvalue weighted by atomic mass is 19.1. The summed E-state index contributed by atoms with van der Waals surface area (Å²) in [5.74, 6) is -6.49. The number of ether oxygens (including phenoxy) is 2. The molecule has 0 saturated heterocycles. The van der Waals surface area contributed by atoms with E-state index in [1.54, 1.807) is 39.8 Å². The van der Waals surface area contributed by atoms with Crippen molar-refractivity contribution >= 4 is 35.1 Å². The number of allylic oxidation sites excluding steroid dienone is 8. The zero-order chi connectivity index (χ0) is 43.3. The maximum Gasteiger partial charge on any atom is 0.318 e. The summed E-state index contributed by atoms with van der Waals surface area (Å²) in [6.07, 6.45) is 5.52. The fourth-order valence-electron chi connectivity index (χ4n) is 15.4. The number of alkyl halides is 2. The number of ketones is 4. The summed E-state index contributed by atoms with van der Waals surface area (Å²) in [4.78, 5) is 80.2. The molecule has 2 N–H and O–H groups in total. The van der Waals surface area contributed by atoms with Gasteiger partial charge in [0.05, 0.1) is 12.2 Å². The Morgan fingerprint density at radius 3 is 1.36 bits per heavy atom. The SMILES string of the molecule is CC(=O)[C@@]1(OC(=O)CC(=O)O[C@@]2(C(C)=O)CC[C@@H]3[C@H]4C[C@@H](C)C5=CC(=O)C=C[C@@]5(C)[C@]4(F)[C@H](O)C[C@]32C)CC[C@H]2[C@@H]3C[C@H](C)C4=CC(=O)C=C[C@]4(C)[C@@]3(F)[C@@H](O)C[C@@]21C. The number of carbonyl (C=O) groups excluding carboxylic acids is 6. The lowest BCUT2D eigenvalue weighted by atomic mass is 9.43. The Bertz CT molecular complexity index is 1940. The molecule has 0 heterocycles. The van der Waals surface area contributed by atoms with Crippen molar-refractivity contribution < 1.29 is 57.2 Å². The Balaban J connectivity index is 1.04. The van der Waals surface area contributed by atoms with E-state index in [-0.39, 0.29) is 49.1 Å². The summed E-state index contributed by atoms with van der Waals surface area (Å²) >= 11 is 0. The molecule has 0 aromatic heterocycles. The summed E-state index contributed by atoms with van der Waals surface area (Å²) in [5.41, 5.74) is -11.6. The van der Waals surface area contributed by atoms with Crippen LogP contribution < -0.4 is 0 Å². The van der Waals surface area contributed by atoms with E-state index in [2.05, 4.69) is 0 Å². The van der Waals surface area contributed by atoms with E-state index in [9.17, 15) is 39.0 Å². The lowest BCUT2D eigenvalue weighted by Crippen LogP contribution is -2.70. The molecular formula is C47H58F2O10. The van der Waals surface area contributed by atoms with Gasteiger partial charge in [0, 0.05) is 33.5 Å². The van der Waals surface area contributed by atoms with E-state index in [4.69, 9.17) is 9.47 Å². The van der Waals surface area contributed by atoms with Gasteiger partial charge in [-0.2, -0.15) is 0 Å². The molecule has 6 saturated carbocycles. The standard InChI is InChI=1S/C47H58F2O10/c1-24-17-34-30-11-15-44(26(3)50,42(30,7)22-36(54)46(34,48)40(5)13-9-28(52)19-32(24)40)58-38(56)21-39(57)59-45(27(4)51)16-12-31-35-18-25(2)33-20-29(53)10-14-41(33,6)47(35,49)37(55)23-43(31,45)8/h9-10,13-14,19-20,24-25,30-31,34-37,54-55H,11-12,15-18,21-23H2,1-8H3/t24-,25+,30-,31+,34-,35+,36-,37+,40-,41+,42-,43+,44-,45+,46-,47+. The number of halogens is 2. The fourth-order valence-corrected chi connectivity index (χ4v) is 15.4. The first-order valence-electron chi connectivity index (χ1n) is 21.4. The van der Waals surface area contributed by atoms with Gasteiger partial charge in [-0.1, -0.05) is 51.0 Å². The lowest BCUT2D eigenvalue weighted by Gasteiger charge is -2.63. The van der Waals surface area contributed by atoms with Crippen molar-refractivity contribution in [3.8, 4) is 0 Å². The highest BCUT2D eigenvalue weighted by molar-refractivity contribution is 6.02. The first-order valence-corrected chi connectivity index (χ1v) is 21.4. The van der Waals surface area contributed by atoms with Crippen molar-refractivity contribution in [2.75, 3.05) is 0 Å². The number of esters is 2. The quantitative estimate of drug-likeness (QED) is 0.228.